The summed E-state index contributed by atoms with van der Waals surface area (Å²) in [5, 5.41) is 14.2. The Morgan fingerprint density at radius 3 is 2.81 bits per heavy atom. The Balaban J connectivity index is 1.68. The highest BCUT2D eigenvalue weighted by atomic mass is 32.1. The van der Waals surface area contributed by atoms with Crippen molar-refractivity contribution >= 4 is 28.7 Å². The van der Waals surface area contributed by atoms with Gasteiger partial charge in [-0.15, -0.1) is 21.5 Å². The normalized spacial score (nSPS) is 14.2. The zero-order valence-electron chi connectivity index (χ0n) is 17.9. The fourth-order valence-corrected chi connectivity index (χ4v) is 4.68. The van der Waals surface area contributed by atoms with Crippen molar-refractivity contribution in [3.05, 3.63) is 38.4 Å². The number of anilines is 2. The van der Waals surface area contributed by atoms with Gasteiger partial charge in [0.05, 0.1) is 4.88 Å². The van der Waals surface area contributed by atoms with Gasteiger partial charge in [0.15, 0.2) is 5.69 Å². The summed E-state index contributed by atoms with van der Waals surface area (Å²) in [5.74, 6) is 0.0777. The molecule has 1 aliphatic rings. The number of amides is 1. The van der Waals surface area contributed by atoms with Crippen LogP contribution >= 0.6 is 11.3 Å². The Bertz CT molecular complexity index is 1190. The third-order valence-corrected chi connectivity index (χ3v) is 6.49. The van der Waals surface area contributed by atoms with Crippen LogP contribution in [0, 0.1) is 0 Å². The van der Waals surface area contributed by atoms with Gasteiger partial charge in [-0.25, -0.2) is 4.79 Å². The number of aromatic nitrogens is 6. The largest absolute Gasteiger partial charge is 0.383 e. The molecule has 3 aromatic heterocycles. The fourth-order valence-electron chi connectivity index (χ4n) is 4.03. The van der Waals surface area contributed by atoms with E-state index in [1.165, 1.54) is 25.6 Å². The first-order valence-corrected chi connectivity index (χ1v) is 11.6. The zero-order chi connectivity index (χ0) is 22.7. The van der Waals surface area contributed by atoms with Crippen LogP contribution in [0.5, 0.6) is 0 Å². The number of rotatable bonds is 8. The SMILES string of the molecule is CCCCn1c(N)c(N(C(=O)Cn2nnc(-c3cccs3)n2)C2CCCC2)c(=O)[nH]c1=O. The molecule has 0 radical (unpaired) electrons. The van der Waals surface area contributed by atoms with E-state index in [0.717, 1.165) is 43.4 Å². The van der Waals surface area contributed by atoms with Crippen molar-refractivity contribution in [3.63, 3.8) is 0 Å². The smallest absolute Gasteiger partial charge is 0.330 e. The number of hydrogen-bond donors (Lipinski definition) is 2. The van der Waals surface area contributed by atoms with Gasteiger partial charge in [-0.2, -0.15) is 4.80 Å². The van der Waals surface area contributed by atoms with Crippen LogP contribution in [0.1, 0.15) is 45.4 Å². The van der Waals surface area contributed by atoms with E-state index in [4.69, 9.17) is 5.73 Å². The van der Waals surface area contributed by atoms with E-state index in [-0.39, 0.29) is 30.0 Å². The maximum absolute atomic E-state index is 13.4. The molecular weight excluding hydrogens is 432 g/mol. The Hall–Kier alpha value is -3.28. The quantitative estimate of drug-likeness (QED) is 0.521. The van der Waals surface area contributed by atoms with E-state index in [1.807, 2.05) is 24.4 Å². The lowest BCUT2D eigenvalue weighted by Crippen LogP contribution is -2.47. The van der Waals surface area contributed by atoms with Gasteiger partial charge in [-0.3, -0.25) is 24.0 Å². The standard InChI is InChI=1S/C20H26N8O3S/c1-2-3-10-26-17(21)16(19(30)22-20(26)31)28(13-7-4-5-8-13)15(29)12-27-24-18(23-25-27)14-9-6-11-32-14/h6,9,11,13H,2-5,7-8,10,12,21H2,1H3,(H,22,30,31). The number of nitrogen functional groups attached to an aromatic ring is 1. The van der Waals surface area contributed by atoms with Crippen molar-refractivity contribution in [2.24, 2.45) is 0 Å². The van der Waals surface area contributed by atoms with Crippen molar-refractivity contribution in [2.45, 2.75) is 64.6 Å². The van der Waals surface area contributed by atoms with E-state index in [1.54, 1.807) is 0 Å². The highest BCUT2D eigenvalue weighted by Gasteiger charge is 2.33. The van der Waals surface area contributed by atoms with E-state index in [0.29, 0.717) is 12.4 Å². The molecule has 0 aromatic carbocycles. The molecule has 3 heterocycles. The van der Waals surface area contributed by atoms with E-state index in [2.05, 4.69) is 20.4 Å². The topological polar surface area (TPSA) is 145 Å². The third kappa shape index (κ3) is 4.35. The number of hydrogen-bond acceptors (Lipinski definition) is 8. The molecule has 3 aromatic rings. The number of unbranched alkanes of at least 4 members (excludes halogenated alkanes) is 1. The average molecular weight is 459 g/mol. The lowest BCUT2D eigenvalue weighted by atomic mass is 10.2. The first-order chi connectivity index (χ1) is 15.5. The summed E-state index contributed by atoms with van der Waals surface area (Å²) in [5.41, 5.74) is 5.09. The number of tetrazole rings is 1. The molecule has 11 nitrogen and oxygen atoms in total. The molecule has 1 saturated carbocycles. The Morgan fingerprint density at radius 2 is 2.12 bits per heavy atom. The summed E-state index contributed by atoms with van der Waals surface area (Å²) < 4.78 is 1.33. The van der Waals surface area contributed by atoms with Crippen LogP contribution in [0.25, 0.3) is 10.7 Å². The summed E-state index contributed by atoms with van der Waals surface area (Å²) in [4.78, 5) is 44.4. The van der Waals surface area contributed by atoms with Crippen LogP contribution in [0.4, 0.5) is 11.5 Å². The van der Waals surface area contributed by atoms with Crippen LogP contribution in [0.2, 0.25) is 0 Å². The van der Waals surface area contributed by atoms with Gasteiger partial charge in [0, 0.05) is 12.6 Å². The van der Waals surface area contributed by atoms with Gasteiger partial charge in [-0.05, 0) is 35.9 Å². The molecule has 0 bridgehead atoms. The van der Waals surface area contributed by atoms with Gasteiger partial charge in [-0.1, -0.05) is 32.3 Å². The highest BCUT2D eigenvalue weighted by molar-refractivity contribution is 7.13. The molecule has 1 aliphatic carbocycles. The van der Waals surface area contributed by atoms with E-state index >= 15 is 0 Å². The lowest BCUT2D eigenvalue weighted by molar-refractivity contribution is -0.120. The Kier molecular flexibility index (Phi) is 6.49. The van der Waals surface area contributed by atoms with Gasteiger partial charge in [0.1, 0.15) is 12.4 Å². The molecule has 0 atom stereocenters. The number of nitrogens with zero attached hydrogens (tertiary/aromatic N) is 6. The second-order valence-corrected chi connectivity index (χ2v) is 8.77. The minimum Gasteiger partial charge on any atom is -0.383 e. The highest BCUT2D eigenvalue weighted by Crippen LogP contribution is 2.29. The first-order valence-electron chi connectivity index (χ1n) is 10.8. The van der Waals surface area contributed by atoms with Crippen LogP contribution in [0.15, 0.2) is 27.1 Å². The maximum atomic E-state index is 13.4. The summed E-state index contributed by atoms with van der Waals surface area (Å²) in [7, 11) is 0. The molecule has 32 heavy (non-hydrogen) atoms. The molecule has 0 aliphatic heterocycles. The van der Waals surface area contributed by atoms with Crippen molar-refractivity contribution in [3.8, 4) is 10.7 Å². The molecule has 3 N–H and O–H groups in total. The molecular formula is C20H26N8O3S. The van der Waals surface area contributed by atoms with Gasteiger partial charge < -0.3 is 5.73 Å². The lowest BCUT2D eigenvalue weighted by Gasteiger charge is -2.29. The number of thiophene rings is 1. The minimum absolute atomic E-state index is 0.0123. The number of carbonyl (C=O) groups excluding carboxylic acids is 1. The third-order valence-electron chi connectivity index (χ3n) is 5.62. The van der Waals surface area contributed by atoms with Crippen molar-refractivity contribution in [2.75, 3.05) is 10.6 Å². The fraction of sp³-hybridized carbons (Fsp3) is 0.500. The molecule has 1 amide bonds. The molecule has 0 saturated heterocycles. The number of nitrogens with two attached hydrogens (primary N) is 1. The Morgan fingerprint density at radius 1 is 1.34 bits per heavy atom. The number of carbonyl (C=O) groups is 1. The van der Waals surface area contributed by atoms with Crippen molar-refractivity contribution < 1.29 is 4.79 Å². The van der Waals surface area contributed by atoms with Crippen molar-refractivity contribution in [1.82, 2.24) is 29.8 Å². The molecule has 12 heteroatoms. The van der Waals surface area contributed by atoms with Crippen LogP contribution < -0.4 is 21.9 Å². The average Bonchev–Trinajstić information content (AvgIpc) is 3.53. The molecule has 4 rings (SSSR count). The minimum atomic E-state index is -0.661. The number of aromatic amines is 1. The molecule has 0 spiro atoms. The van der Waals surface area contributed by atoms with Crippen LogP contribution in [0.3, 0.4) is 0 Å². The van der Waals surface area contributed by atoms with Crippen LogP contribution in [-0.2, 0) is 17.9 Å². The van der Waals surface area contributed by atoms with Crippen molar-refractivity contribution in [1.29, 1.82) is 0 Å². The first kappa shape index (κ1) is 21.9. The van der Waals surface area contributed by atoms with Crippen LogP contribution in [-0.4, -0.2) is 41.7 Å². The second kappa shape index (κ2) is 9.47. The second-order valence-electron chi connectivity index (χ2n) is 7.82. The summed E-state index contributed by atoms with van der Waals surface area (Å²) in [6.07, 6.45) is 4.99. The summed E-state index contributed by atoms with van der Waals surface area (Å²) in [6, 6.07) is 3.58. The van der Waals surface area contributed by atoms with Gasteiger partial charge >= 0.3 is 5.69 Å². The predicted molar refractivity (Wildman–Crippen MR) is 122 cm³/mol. The number of H-pyrrole nitrogens is 1. The molecule has 170 valence electrons. The van der Waals surface area contributed by atoms with Gasteiger partial charge in [0.2, 0.25) is 5.82 Å². The number of nitrogens with one attached hydrogen (secondary N) is 1. The summed E-state index contributed by atoms with van der Waals surface area (Å²) in [6.45, 7) is 2.17. The summed E-state index contributed by atoms with van der Waals surface area (Å²) >= 11 is 1.48. The maximum Gasteiger partial charge on any atom is 0.330 e. The molecule has 1 fully saturated rings. The Labute approximate surface area is 187 Å². The molecule has 0 unspecified atom stereocenters. The monoisotopic (exact) mass is 458 g/mol. The van der Waals surface area contributed by atoms with E-state index < -0.39 is 11.2 Å². The zero-order valence-corrected chi connectivity index (χ0v) is 18.7. The predicted octanol–water partition coefficient (Wildman–Crippen LogP) is 1.61. The van der Waals surface area contributed by atoms with E-state index in [9.17, 15) is 14.4 Å². The van der Waals surface area contributed by atoms with Gasteiger partial charge in [0.25, 0.3) is 11.5 Å².